The van der Waals surface area contributed by atoms with Gasteiger partial charge in [0.15, 0.2) is 0 Å². The minimum atomic E-state index is 0.108. The summed E-state index contributed by atoms with van der Waals surface area (Å²) in [4.78, 5) is 2.46. The Morgan fingerprint density at radius 3 is 2.41 bits per heavy atom. The fourth-order valence-electron chi connectivity index (χ4n) is 2.73. The first kappa shape index (κ1) is 12.4. The number of benzene rings is 1. The van der Waals surface area contributed by atoms with Gasteiger partial charge in [-0.1, -0.05) is 31.0 Å². The zero-order valence-electron chi connectivity index (χ0n) is 11.0. The van der Waals surface area contributed by atoms with Gasteiger partial charge in [-0.3, -0.25) is 0 Å². The SMILES string of the molecule is CCN(c1ccccc1)C(C)(CN)CC1CC1. The molecule has 1 aliphatic rings. The number of likely N-dealkylation sites (N-methyl/N-ethyl adjacent to an activating group) is 1. The number of hydrogen-bond acceptors (Lipinski definition) is 2. The van der Waals surface area contributed by atoms with Gasteiger partial charge in [-0.05, 0) is 38.3 Å². The first-order chi connectivity index (χ1) is 8.19. The fourth-order valence-corrected chi connectivity index (χ4v) is 2.73. The maximum Gasteiger partial charge on any atom is 0.0498 e. The number of nitrogens with zero attached hydrogens (tertiary/aromatic N) is 1. The van der Waals surface area contributed by atoms with E-state index in [0.29, 0.717) is 0 Å². The molecule has 1 atom stereocenters. The molecule has 2 N–H and O–H groups in total. The molecule has 2 nitrogen and oxygen atoms in total. The summed E-state index contributed by atoms with van der Waals surface area (Å²) >= 11 is 0. The minimum absolute atomic E-state index is 0.108. The predicted molar refractivity (Wildman–Crippen MR) is 74.3 cm³/mol. The molecule has 0 amide bonds. The van der Waals surface area contributed by atoms with Crippen LogP contribution >= 0.6 is 0 Å². The average molecular weight is 232 g/mol. The molecule has 0 radical (unpaired) electrons. The molecule has 0 saturated heterocycles. The van der Waals surface area contributed by atoms with Crippen LogP contribution in [0.5, 0.6) is 0 Å². The van der Waals surface area contributed by atoms with E-state index in [1.165, 1.54) is 24.9 Å². The Morgan fingerprint density at radius 1 is 1.29 bits per heavy atom. The highest BCUT2D eigenvalue weighted by Gasteiger charge is 2.36. The van der Waals surface area contributed by atoms with Crippen molar-refractivity contribution < 1.29 is 0 Å². The van der Waals surface area contributed by atoms with Gasteiger partial charge in [0.25, 0.3) is 0 Å². The maximum atomic E-state index is 6.06. The van der Waals surface area contributed by atoms with Gasteiger partial charge in [0.05, 0.1) is 0 Å². The van der Waals surface area contributed by atoms with E-state index in [1.807, 2.05) is 0 Å². The first-order valence-electron chi connectivity index (χ1n) is 6.72. The lowest BCUT2D eigenvalue weighted by molar-refractivity contribution is 0.383. The van der Waals surface area contributed by atoms with Crippen molar-refractivity contribution in [3.8, 4) is 0 Å². The largest absolute Gasteiger partial charge is 0.365 e. The van der Waals surface area contributed by atoms with Crippen LogP contribution in [0, 0.1) is 5.92 Å². The van der Waals surface area contributed by atoms with Gasteiger partial charge in [0.2, 0.25) is 0 Å². The molecule has 1 unspecified atom stereocenters. The van der Waals surface area contributed by atoms with Crippen LogP contribution in [0.15, 0.2) is 30.3 Å². The van der Waals surface area contributed by atoms with Crippen LogP contribution in [-0.2, 0) is 0 Å². The summed E-state index contributed by atoms with van der Waals surface area (Å²) in [5, 5.41) is 0. The lowest BCUT2D eigenvalue weighted by atomic mass is 9.92. The van der Waals surface area contributed by atoms with E-state index in [4.69, 9.17) is 5.73 Å². The second-order valence-electron chi connectivity index (χ2n) is 5.43. The Morgan fingerprint density at radius 2 is 1.94 bits per heavy atom. The molecule has 2 rings (SSSR count). The van der Waals surface area contributed by atoms with E-state index in [1.54, 1.807) is 0 Å². The van der Waals surface area contributed by atoms with Crippen molar-refractivity contribution in [3.63, 3.8) is 0 Å². The molecule has 1 aromatic rings. The van der Waals surface area contributed by atoms with Crippen LogP contribution in [0.2, 0.25) is 0 Å². The monoisotopic (exact) mass is 232 g/mol. The topological polar surface area (TPSA) is 29.3 Å². The summed E-state index contributed by atoms with van der Waals surface area (Å²) in [6.45, 7) is 6.27. The van der Waals surface area contributed by atoms with E-state index in [-0.39, 0.29) is 5.54 Å². The molecule has 1 aliphatic carbocycles. The standard InChI is InChI=1S/C15H24N2/c1-3-17(14-7-5-4-6-8-14)15(2,12-16)11-13-9-10-13/h4-8,13H,3,9-12,16H2,1-2H3. The summed E-state index contributed by atoms with van der Waals surface area (Å²) < 4.78 is 0. The molecule has 0 spiro atoms. The molecular weight excluding hydrogens is 208 g/mol. The first-order valence-corrected chi connectivity index (χ1v) is 6.72. The zero-order valence-corrected chi connectivity index (χ0v) is 11.0. The fraction of sp³-hybridized carbons (Fsp3) is 0.600. The van der Waals surface area contributed by atoms with Crippen LogP contribution in [0.1, 0.15) is 33.1 Å². The molecule has 0 heterocycles. The third-order valence-electron chi connectivity index (χ3n) is 3.90. The van der Waals surface area contributed by atoms with Gasteiger partial charge >= 0.3 is 0 Å². The summed E-state index contributed by atoms with van der Waals surface area (Å²) in [5.74, 6) is 0.904. The van der Waals surface area contributed by atoms with Gasteiger partial charge in [-0.15, -0.1) is 0 Å². The number of rotatable bonds is 6. The highest BCUT2D eigenvalue weighted by Crippen LogP contribution is 2.39. The van der Waals surface area contributed by atoms with Gasteiger partial charge in [0.1, 0.15) is 0 Å². The van der Waals surface area contributed by atoms with Crippen molar-refractivity contribution in [2.24, 2.45) is 11.7 Å². The van der Waals surface area contributed by atoms with Gasteiger partial charge in [0, 0.05) is 24.3 Å². The summed E-state index contributed by atoms with van der Waals surface area (Å²) in [6.07, 6.45) is 4.01. The van der Waals surface area contributed by atoms with Crippen molar-refractivity contribution in [1.29, 1.82) is 0 Å². The summed E-state index contributed by atoms with van der Waals surface area (Å²) in [7, 11) is 0. The van der Waals surface area contributed by atoms with Gasteiger partial charge in [-0.25, -0.2) is 0 Å². The van der Waals surface area contributed by atoms with Crippen molar-refractivity contribution in [3.05, 3.63) is 30.3 Å². The lowest BCUT2D eigenvalue weighted by Crippen LogP contribution is -2.52. The number of para-hydroxylation sites is 1. The molecule has 17 heavy (non-hydrogen) atoms. The van der Waals surface area contributed by atoms with Crippen LogP contribution in [0.4, 0.5) is 5.69 Å². The summed E-state index contributed by atoms with van der Waals surface area (Å²) in [6, 6.07) is 10.6. The van der Waals surface area contributed by atoms with Crippen LogP contribution in [0.3, 0.4) is 0 Å². The quantitative estimate of drug-likeness (QED) is 0.817. The minimum Gasteiger partial charge on any atom is -0.365 e. The zero-order chi connectivity index (χ0) is 12.3. The molecule has 0 aromatic heterocycles. The van der Waals surface area contributed by atoms with E-state index in [9.17, 15) is 0 Å². The van der Waals surface area contributed by atoms with Crippen LogP contribution in [-0.4, -0.2) is 18.6 Å². The molecular formula is C15H24N2. The van der Waals surface area contributed by atoms with Crippen molar-refractivity contribution in [2.45, 2.75) is 38.6 Å². The Labute approximate surface area is 105 Å². The van der Waals surface area contributed by atoms with Crippen molar-refractivity contribution in [1.82, 2.24) is 0 Å². The van der Waals surface area contributed by atoms with Gasteiger partial charge in [-0.2, -0.15) is 0 Å². The maximum absolute atomic E-state index is 6.06. The van der Waals surface area contributed by atoms with Crippen LogP contribution in [0.25, 0.3) is 0 Å². The second kappa shape index (κ2) is 5.09. The normalized spacial score (nSPS) is 18.8. The van der Waals surface area contributed by atoms with E-state index in [0.717, 1.165) is 19.0 Å². The van der Waals surface area contributed by atoms with Crippen LogP contribution < -0.4 is 10.6 Å². The average Bonchev–Trinajstić information content (AvgIpc) is 3.15. The molecule has 0 aliphatic heterocycles. The third kappa shape index (κ3) is 2.81. The Balaban J connectivity index is 2.19. The number of hydrogen-bond donors (Lipinski definition) is 1. The predicted octanol–water partition coefficient (Wildman–Crippen LogP) is 3.03. The molecule has 1 aromatic carbocycles. The Hall–Kier alpha value is -1.02. The number of nitrogens with two attached hydrogens (primary N) is 1. The second-order valence-corrected chi connectivity index (χ2v) is 5.43. The summed E-state index contributed by atoms with van der Waals surface area (Å²) in [5.41, 5.74) is 7.46. The van der Waals surface area contributed by atoms with Crippen molar-refractivity contribution in [2.75, 3.05) is 18.0 Å². The molecule has 94 valence electrons. The third-order valence-corrected chi connectivity index (χ3v) is 3.90. The Bertz CT molecular complexity index is 345. The Kier molecular flexibility index (Phi) is 3.72. The van der Waals surface area contributed by atoms with E-state index >= 15 is 0 Å². The molecule has 2 heteroatoms. The molecule has 0 bridgehead atoms. The highest BCUT2D eigenvalue weighted by atomic mass is 15.2. The van der Waals surface area contributed by atoms with Gasteiger partial charge < -0.3 is 10.6 Å². The molecule has 1 fully saturated rings. The highest BCUT2D eigenvalue weighted by molar-refractivity contribution is 5.48. The van der Waals surface area contributed by atoms with Crippen molar-refractivity contribution >= 4 is 5.69 Å². The van der Waals surface area contributed by atoms with E-state index < -0.39 is 0 Å². The number of anilines is 1. The smallest absolute Gasteiger partial charge is 0.0498 e. The lowest BCUT2D eigenvalue weighted by Gasteiger charge is -2.42. The molecule has 1 saturated carbocycles. The van der Waals surface area contributed by atoms with E-state index in [2.05, 4.69) is 49.1 Å².